The number of alkyl halides is 3. The summed E-state index contributed by atoms with van der Waals surface area (Å²) in [7, 11) is 0. The zero-order chi connectivity index (χ0) is 21.3. The molecule has 1 aliphatic rings. The number of halogens is 4. The SMILES string of the molecule is O=C(Nc1ccc(-n2nncc2C(F)(F)F)cc1)[C@H]1CC(c2cccc(F)c2)=NO1. The van der Waals surface area contributed by atoms with Crippen molar-refractivity contribution in [1.82, 2.24) is 15.0 Å². The number of rotatable bonds is 4. The molecule has 0 bridgehead atoms. The number of amides is 1. The van der Waals surface area contributed by atoms with Crippen LogP contribution in [0, 0.1) is 5.82 Å². The first kappa shape index (κ1) is 19.6. The number of benzene rings is 2. The van der Waals surface area contributed by atoms with Gasteiger partial charge in [-0.2, -0.15) is 13.2 Å². The summed E-state index contributed by atoms with van der Waals surface area (Å²) in [6, 6.07) is 11.4. The summed E-state index contributed by atoms with van der Waals surface area (Å²) in [5.74, 6) is -0.918. The second-order valence-electron chi connectivity index (χ2n) is 6.41. The molecule has 0 fully saturated rings. The molecule has 154 valence electrons. The van der Waals surface area contributed by atoms with Gasteiger partial charge in [-0.05, 0) is 36.4 Å². The third-order valence-electron chi connectivity index (χ3n) is 4.34. The Labute approximate surface area is 166 Å². The molecule has 11 heteroatoms. The standard InChI is InChI=1S/C19H13F4N5O2/c20-12-3-1-2-11(8-12)15-9-16(30-26-15)18(29)25-13-4-6-14(7-5-13)28-17(10-24-27-28)19(21,22)23/h1-8,10,16H,9H2,(H,25,29)/t16-/m1/s1. The van der Waals surface area contributed by atoms with Crippen LogP contribution in [0.1, 0.15) is 17.7 Å². The van der Waals surface area contributed by atoms with Crippen LogP contribution < -0.4 is 5.32 Å². The summed E-state index contributed by atoms with van der Waals surface area (Å²) >= 11 is 0. The van der Waals surface area contributed by atoms with Crippen molar-refractivity contribution in [3.05, 3.63) is 71.8 Å². The Hall–Kier alpha value is -3.76. The number of anilines is 1. The number of hydrogen-bond acceptors (Lipinski definition) is 5. The van der Waals surface area contributed by atoms with Crippen molar-refractivity contribution in [1.29, 1.82) is 0 Å². The number of carbonyl (C=O) groups excluding carboxylic acids is 1. The van der Waals surface area contributed by atoms with Gasteiger partial charge in [0.25, 0.3) is 5.91 Å². The van der Waals surface area contributed by atoms with Gasteiger partial charge >= 0.3 is 6.18 Å². The van der Waals surface area contributed by atoms with Crippen LogP contribution in [-0.4, -0.2) is 32.7 Å². The fourth-order valence-corrected chi connectivity index (χ4v) is 2.88. The molecular formula is C19H13F4N5O2. The van der Waals surface area contributed by atoms with E-state index in [9.17, 15) is 22.4 Å². The lowest BCUT2D eigenvalue weighted by Crippen LogP contribution is -2.28. The smallest absolute Gasteiger partial charge is 0.382 e. The van der Waals surface area contributed by atoms with E-state index >= 15 is 0 Å². The molecular weight excluding hydrogens is 406 g/mol. The zero-order valence-electron chi connectivity index (χ0n) is 15.1. The van der Waals surface area contributed by atoms with Gasteiger partial charge in [0.15, 0.2) is 5.69 Å². The minimum Gasteiger partial charge on any atom is -0.382 e. The topological polar surface area (TPSA) is 81.4 Å². The largest absolute Gasteiger partial charge is 0.435 e. The van der Waals surface area contributed by atoms with Crippen LogP contribution in [-0.2, 0) is 15.8 Å². The van der Waals surface area contributed by atoms with Gasteiger partial charge in [0, 0.05) is 17.7 Å². The average molecular weight is 419 g/mol. The Bertz CT molecular complexity index is 1110. The Morgan fingerprint density at radius 2 is 1.93 bits per heavy atom. The second-order valence-corrected chi connectivity index (χ2v) is 6.41. The van der Waals surface area contributed by atoms with Gasteiger partial charge in [-0.15, -0.1) is 5.10 Å². The Balaban J connectivity index is 1.41. The highest BCUT2D eigenvalue weighted by molar-refractivity contribution is 6.06. The van der Waals surface area contributed by atoms with E-state index in [1.54, 1.807) is 6.07 Å². The van der Waals surface area contributed by atoms with Crippen LogP contribution in [0.3, 0.4) is 0 Å². The molecule has 1 atom stereocenters. The van der Waals surface area contributed by atoms with Gasteiger partial charge in [-0.25, -0.2) is 9.07 Å². The van der Waals surface area contributed by atoms with Gasteiger partial charge in [0.05, 0.1) is 17.6 Å². The maximum Gasteiger partial charge on any atom is 0.435 e. The molecule has 0 saturated carbocycles. The highest BCUT2D eigenvalue weighted by Crippen LogP contribution is 2.30. The van der Waals surface area contributed by atoms with E-state index in [1.807, 2.05) is 0 Å². The molecule has 4 rings (SSSR count). The molecule has 0 saturated heterocycles. The number of nitrogens with zero attached hydrogens (tertiary/aromatic N) is 4. The van der Waals surface area contributed by atoms with Crippen LogP contribution >= 0.6 is 0 Å². The lowest BCUT2D eigenvalue weighted by Gasteiger charge is -2.11. The molecule has 3 aromatic rings. The van der Waals surface area contributed by atoms with Crippen LogP contribution in [0.5, 0.6) is 0 Å². The first-order chi connectivity index (χ1) is 14.3. The summed E-state index contributed by atoms with van der Waals surface area (Å²) in [5.41, 5.74) is 0.423. The molecule has 0 unspecified atom stereocenters. The van der Waals surface area contributed by atoms with Crippen LogP contribution in [0.25, 0.3) is 5.69 Å². The van der Waals surface area contributed by atoms with E-state index in [2.05, 4.69) is 20.8 Å². The maximum atomic E-state index is 13.3. The Kier molecular flexibility index (Phi) is 4.94. The highest BCUT2D eigenvalue weighted by Gasteiger charge is 2.36. The van der Waals surface area contributed by atoms with E-state index in [0.717, 1.165) is 0 Å². The van der Waals surface area contributed by atoms with Crippen molar-refractivity contribution < 1.29 is 27.2 Å². The van der Waals surface area contributed by atoms with Crippen molar-refractivity contribution in [2.24, 2.45) is 5.16 Å². The molecule has 2 heterocycles. The number of hydrogen-bond donors (Lipinski definition) is 1. The van der Waals surface area contributed by atoms with Crippen LogP contribution in [0.2, 0.25) is 0 Å². The highest BCUT2D eigenvalue weighted by atomic mass is 19.4. The van der Waals surface area contributed by atoms with E-state index in [4.69, 9.17) is 4.84 Å². The second kappa shape index (κ2) is 7.58. The first-order valence-electron chi connectivity index (χ1n) is 8.69. The summed E-state index contributed by atoms with van der Waals surface area (Å²) in [6.07, 6.45) is -4.73. The molecule has 1 aliphatic heterocycles. The van der Waals surface area contributed by atoms with Crippen molar-refractivity contribution in [2.75, 3.05) is 5.32 Å². The number of carbonyl (C=O) groups is 1. The summed E-state index contributed by atoms with van der Waals surface area (Å²) < 4.78 is 52.9. The molecule has 1 N–H and O–H groups in total. The molecule has 30 heavy (non-hydrogen) atoms. The van der Waals surface area contributed by atoms with Gasteiger partial charge in [0.2, 0.25) is 6.10 Å². The molecule has 0 radical (unpaired) electrons. The van der Waals surface area contributed by atoms with Crippen LogP contribution in [0.4, 0.5) is 23.2 Å². The van der Waals surface area contributed by atoms with E-state index in [-0.39, 0.29) is 12.1 Å². The molecule has 1 aromatic heterocycles. The Morgan fingerprint density at radius 1 is 1.17 bits per heavy atom. The van der Waals surface area contributed by atoms with Gasteiger partial charge < -0.3 is 10.2 Å². The normalized spacial score (nSPS) is 16.1. The first-order valence-corrected chi connectivity index (χ1v) is 8.69. The van der Waals surface area contributed by atoms with E-state index in [1.165, 1.54) is 42.5 Å². The minimum atomic E-state index is -4.60. The quantitative estimate of drug-likeness (QED) is 0.656. The minimum absolute atomic E-state index is 0.131. The third kappa shape index (κ3) is 4.00. The van der Waals surface area contributed by atoms with Crippen molar-refractivity contribution in [3.63, 3.8) is 0 Å². The van der Waals surface area contributed by atoms with Gasteiger partial charge in [-0.1, -0.05) is 22.5 Å². The number of nitrogens with one attached hydrogen (secondary N) is 1. The molecule has 2 aromatic carbocycles. The Morgan fingerprint density at radius 3 is 2.63 bits per heavy atom. The molecule has 0 aliphatic carbocycles. The summed E-state index contributed by atoms with van der Waals surface area (Å²) in [6.45, 7) is 0. The third-order valence-corrected chi connectivity index (χ3v) is 4.34. The molecule has 1 amide bonds. The van der Waals surface area contributed by atoms with E-state index in [0.29, 0.717) is 27.8 Å². The predicted molar refractivity (Wildman–Crippen MR) is 97.4 cm³/mol. The molecule has 0 spiro atoms. The van der Waals surface area contributed by atoms with Gasteiger partial charge in [0.1, 0.15) is 5.82 Å². The number of oxime groups is 1. The molecule has 7 nitrogen and oxygen atoms in total. The summed E-state index contributed by atoms with van der Waals surface area (Å²) in [4.78, 5) is 17.5. The predicted octanol–water partition coefficient (Wildman–Crippen LogP) is 3.56. The average Bonchev–Trinajstić information content (AvgIpc) is 3.38. The lowest BCUT2D eigenvalue weighted by atomic mass is 10.0. The van der Waals surface area contributed by atoms with Crippen molar-refractivity contribution in [2.45, 2.75) is 18.7 Å². The maximum absolute atomic E-state index is 13.3. The zero-order valence-corrected chi connectivity index (χ0v) is 15.1. The van der Waals surface area contributed by atoms with Gasteiger partial charge in [-0.3, -0.25) is 4.79 Å². The summed E-state index contributed by atoms with van der Waals surface area (Å²) in [5, 5.41) is 13.2. The van der Waals surface area contributed by atoms with Crippen molar-refractivity contribution >= 4 is 17.3 Å². The van der Waals surface area contributed by atoms with E-state index < -0.39 is 29.7 Å². The fourth-order valence-electron chi connectivity index (χ4n) is 2.88. The fraction of sp³-hybridized carbons (Fsp3) is 0.158. The monoisotopic (exact) mass is 419 g/mol. The van der Waals surface area contributed by atoms with Crippen molar-refractivity contribution in [3.8, 4) is 5.69 Å². The van der Waals surface area contributed by atoms with Crippen LogP contribution in [0.15, 0.2) is 59.9 Å². The number of aromatic nitrogens is 3. The lowest BCUT2D eigenvalue weighted by molar-refractivity contribution is -0.142.